The summed E-state index contributed by atoms with van der Waals surface area (Å²) in [7, 11) is 0. The molecule has 0 aliphatic rings. The molecular weight excluding hydrogens is 202 g/mol. The SMILES string of the molecule is [CH2]c1cccc(OCC(O)CNC(C)C)c1. The molecule has 2 N–H and O–H groups in total. The van der Waals surface area contributed by atoms with E-state index in [-0.39, 0.29) is 0 Å². The van der Waals surface area contributed by atoms with Gasteiger partial charge < -0.3 is 15.2 Å². The highest BCUT2D eigenvalue weighted by molar-refractivity contribution is 5.29. The van der Waals surface area contributed by atoms with Gasteiger partial charge in [0.2, 0.25) is 0 Å². The first-order valence-electron chi connectivity index (χ1n) is 5.54. The van der Waals surface area contributed by atoms with Gasteiger partial charge in [0, 0.05) is 12.6 Å². The maximum atomic E-state index is 9.63. The van der Waals surface area contributed by atoms with Crippen LogP contribution >= 0.6 is 0 Å². The van der Waals surface area contributed by atoms with E-state index in [1.807, 2.05) is 38.1 Å². The Balaban J connectivity index is 2.28. The van der Waals surface area contributed by atoms with Crippen LogP contribution in [0.15, 0.2) is 24.3 Å². The Morgan fingerprint density at radius 2 is 2.19 bits per heavy atom. The standard InChI is InChI=1S/C13H20NO2/c1-10(2)14-8-12(15)9-16-13-6-4-5-11(3)7-13/h4-7,10,12,14-15H,3,8-9H2,1-2H3. The summed E-state index contributed by atoms with van der Waals surface area (Å²) in [6.07, 6.45) is -0.490. The maximum absolute atomic E-state index is 9.63. The lowest BCUT2D eigenvalue weighted by Gasteiger charge is -2.15. The molecule has 0 amide bonds. The Bertz CT molecular complexity index is 313. The third-order valence-corrected chi connectivity index (χ3v) is 2.10. The Kier molecular flexibility index (Phi) is 5.29. The highest BCUT2D eigenvalue weighted by Gasteiger charge is 2.05. The molecule has 0 saturated heterocycles. The third kappa shape index (κ3) is 5.14. The van der Waals surface area contributed by atoms with Crippen LogP contribution in [0.4, 0.5) is 0 Å². The zero-order valence-corrected chi connectivity index (χ0v) is 9.94. The van der Waals surface area contributed by atoms with Gasteiger partial charge in [-0.25, -0.2) is 0 Å². The van der Waals surface area contributed by atoms with Crippen molar-refractivity contribution in [3.63, 3.8) is 0 Å². The van der Waals surface area contributed by atoms with Crippen molar-refractivity contribution in [2.45, 2.75) is 26.0 Å². The first-order valence-corrected chi connectivity index (χ1v) is 5.54. The van der Waals surface area contributed by atoms with E-state index in [0.29, 0.717) is 19.2 Å². The Hall–Kier alpha value is -1.06. The van der Waals surface area contributed by atoms with Crippen LogP contribution in [0.2, 0.25) is 0 Å². The second-order valence-electron chi connectivity index (χ2n) is 4.18. The summed E-state index contributed by atoms with van der Waals surface area (Å²) in [4.78, 5) is 0. The molecule has 3 nitrogen and oxygen atoms in total. The van der Waals surface area contributed by atoms with E-state index in [9.17, 15) is 5.11 Å². The normalized spacial score (nSPS) is 12.8. The topological polar surface area (TPSA) is 41.5 Å². The van der Waals surface area contributed by atoms with Crippen LogP contribution in [0.25, 0.3) is 0 Å². The Labute approximate surface area is 97.4 Å². The molecule has 1 atom stereocenters. The van der Waals surface area contributed by atoms with Crippen LogP contribution in [0, 0.1) is 6.92 Å². The number of nitrogens with one attached hydrogen (secondary N) is 1. The molecule has 1 aromatic rings. The number of hydrogen-bond acceptors (Lipinski definition) is 3. The fraction of sp³-hybridized carbons (Fsp3) is 0.462. The van der Waals surface area contributed by atoms with Crippen molar-refractivity contribution >= 4 is 0 Å². The first kappa shape index (κ1) is 13.0. The quantitative estimate of drug-likeness (QED) is 0.768. The summed E-state index contributed by atoms with van der Waals surface area (Å²) in [6, 6.07) is 7.87. The molecule has 16 heavy (non-hydrogen) atoms. The summed E-state index contributed by atoms with van der Waals surface area (Å²) < 4.78 is 5.45. The minimum Gasteiger partial charge on any atom is -0.491 e. The van der Waals surface area contributed by atoms with E-state index in [0.717, 1.165) is 11.3 Å². The van der Waals surface area contributed by atoms with Crippen LogP contribution in [-0.4, -0.2) is 30.4 Å². The Morgan fingerprint density at radius 1 is 1.44 bits per heavy atom. The van der Waals surface area contributed by atoms with E-state index >= 15 is 0 Å². The molecule has 0 aliphatic carbocycles. The minimum absolute atomic E-state index is 0.295. The molecular formula is C13H20NO2. The van der Waals surface area contributed by atoms with Gasteiger partial charge in [-0.15, -0.1) is 0 Å². The monoisotopic (exact) mass is 222 g/mol. The second-order valence-corrected chi connectivity index (χ2v) is 4.18. The number of aliphatic hydroxyl groups is 1. The minimum atomic E-state index is -0.490. The number of aliphatic hydroxyl groups excluding tert-OH is 1. The van der Waals surface area contributed by atoms with E-state index < -0.39 is 6.10 Å². The average molecular weight is 222 g/mol. The fourth-order valence-electron chi connectivity index (χ4n) is 1.26. The summed E-state index contributed by atoms with van der Waals surface area (Å²) in [6.45, 7) is 8.73. The van der Waals surface area contributed by atoms with Crippen LogP contribution in [0.5, 0.6) is 5.75 Å². The van der Waals surface area contributed by atoms with Crippen molar-refractivity contribution in [2.24, 2.45) is 0 Å². The zero-order valence-electron chi connectivity index (χ0n) is 9.94. The van der Waals surface area contributed by atoms with E-state index in [1.165, 1.54) is 0 Å². The van der Waals surface area contributed by atoms with Gasteiger partial charge in [0.25, 0.3) is 0 Å². The summed E-state index contributed by atoms with van der Waals surface area (Å²) >= 11 is 0. The van der Waals surface area contributed by atoms with Gasteiger partial charge in [0.1, 0.15) is 18.5 Å². The van der Waals surface area contributed by atoms with Crippen molar-refractivity contribution in [1.82, 2.24) is 5.32 Å². The lowest BCUT2D eigenvalue weighted by atomic mass is 10.2. The molecule has 0 spiro atoms. The van der Waals surface area contributed by atoms with Gasteiger partial charge >= 0.3 is 0 Å². The molecule has 3 heteroatoms. The average Bonchev–Trinajstić information content (AvgIpc) is 2.23. The maximum Gasteiger partial charge on any atom is 0.119 e. The molecule has 1 rings (SSSR count). The largest absolute Gasteiger partial charge is 0.491 e. The molecule has 0 fully saturated rings. The zero-order chi connectivity index (χ0) is 12.0. The predicted octanol–water partition coefficient (Wildman–Crippen LogP) is 1.61. The van der Waals surface area contributed by atoms with Gasteiger partial charge in [-0.05, 0) is 24.6 Å². The smallest absolute Gasteiger partial charge is 0.119 e. The van der Waals surface area contributed by atoms with Gasteiger partial charge in [0.15, 0.2) is 0 Å². The van der Waals surface area contributed by atoms with Gasteiger partial charge in [-0.3, -0.25) is 0 Å². The summed E-state index contributed by atoms with van der Waals surface area (Å²) in [5.41, 5.74) is 0.910. The lowest BCUT2D eigenvalue weighted by molar-refractivity contribution is 0.104. The molecule has 0 bridgehead atoms. The first-order chi connectivity index (χ1) is 7.58. The van der Waals surface area contributed by atoms with E-state index in [2.05, 4.69) is 12.2 Å². The molecule has 1 aromatic carbocycles. The van der Waals surface area contributed by atoms with E-state index in [4.69, 9.17) is 4.74 Å². The summed E-state index contributed by atoms with van der Waals surface area (Å²) in [5, 5.41) is 12.8. The second kappa shape index (κ2) is 6.51. The van der Waals surface area contributed by atoms with E-state index in [1.54, 1.807) is 0 Å². The van der Waals surface area contributed by atoms with Crippen molar-refractivity contribution < 1.29 is 9.84 Å². The fourth-order valence-corrected chi connectivity index (χ4v) is 1.26. The molecule has 89 valence electrons. The Morgan fingerprint density at radius 3 is 2.81 bits per heavy atom. The number of ether oxygens (including phenoxy) is 1. The van der Waals surface area contributed by atoms with Crippen molar-refractivity contribution in [3.05, 3.63) is 36.8 Å². The van der Waals surface area contributed by atoms with Crippen LogP contribution < -0.4 is 10.1 Å². The number of rotatable bonds is 6. The molecule has 0 aromatic heterocycles. The van der Waals surface area contributed by atoms with Crippen molar-refractivity contribution in [3.8, 4) is 5.75 Å². The lowest BCUT2D eigenvalue weighted by Crippen LogP contribution is -2.35. The third-order valence-electron chi connectivity index (χ3n) is 2.10. The van der Waals surface area contributed by atoms with Gasteiger partial charge in [-0.1, -0.05) is 26.0 Å². The van der Waals surface area contributed by atoms with Crippen LogP contribution in [0.3, 0.4) is 0 Å². The molecule has 0 saturated carbocycles. The van der Waals surface area contributed by atoms with Crippen LogP contribution in [-0.2, 0) is 0 Å². The molecule has 0 heterocycles. The highest BCUT2D eigenvalue weighted by Crippen LogP contribution is 2.12. The van der Waals surface area contributed by atoms with Crippen molar-refractivity contribution in [2.75, 3.05) is 13.2 Å². The number of benzene rings is 1. The number of hydrogen-bond donors (Lipinski definition) is 2. The predicted molar refractivity (Wildman–Crippen MR) is 65.5 cm³/mol. The molecule has 1 unspecified atom stereocenters. The highest BCUT2D eigenvalue weighted by atomic mass is 16.5. The molecule has 1 radical (unpaired) electrons. The van der Waals surface area contributed by atoms with Crippen molar-refractivity contribution in [1.29, 1.82) is 0 Å². The van der Waals surface area contributed by atoms with Gasteiger partial charge in [-0.2, -0.15) is 0 Å². The van der Waals surface area contributed by atoms with Gasteiger partial charge in [0.05, 0.1) is 0 Å². The molecule has 0 aliphatic heterocycles. The van der Waals surface area contributed by atoms with Crippen LogP contribution in [0.1, 0.15) is 19.4 Å². The summed E-state index contributed by atoms with van der Waals surface area (Å²) in [5.74, 6) is 0.746.